The highest BCUT2D eigenvalue weighted by molar-refractivity contribution is 7.18. The molecule has 0 aliphatic heterocycles. The predicted molar refractivity (Wildman–Crippen MR) is 94.8 cm³/mol. The van der Waals surface area contributed by atoms with Crippen LogP contribution in [-0.2, 0) is 13.0 Å². The highest BCUT2D eigenvalue weighted by Gasteiger charge is 2.13. The molecule has 1 aromatic carbocycles. The number of benzene rings is 1. The van der Waals surface area contributed by atoms with Gasteiger partial charge in [-0.05, 0) is 31.9 Å². The molecule has 3 nitrogen and oxygen atoms in total. The number of hydrogen-bond donors (Lipinski definition) is 1. The SMILES string of the molecule is CCc1nc(NCc2cccc(C)c2)c2c(C)c(C)sc2n1. The van der Waals surface area contributed by atoms with Crippen molar-refractivity contribution in [2.75, 3.05) is 5.32 Å². The normalized spacial score (nSPS) is 11.1. The summed E-state index contributed by atoms with van der Waals surface area (Å²) < 4.78 is 0. The minimum absolute atomic E-state index is 0.783. The van der Waals surface area contributed by atoms with Crippen LogP contribution in [0.1, 0.15) is 34.3 Å². The van der Waals surface area contributed by atoms with Crippen molar-refractivity contribution in [2.24, 2.45) is 0 Å². The van der Waals surface area contributed by atoms with Gasteiger partial charge >= 0.3 is 0 Å². The fourth-order valence-corrected chi connectivity index (χ4v) is 3.64. The van der Waals surface area contributed by atoms with Crippen LogP contribution < -0.4 is 5.32 Å². The lowest BCUT2D eigenvalue weighted by atomic mass is 10.1. The predicted octanol–water partition coefficient (Wildman–Crippen LogP) is 4.79. The van der Waals surface area contributed by atoms with Gasteiger partial charge in [-0.15, -0.1) is 11.3 Å². The van der Waals surface area contributed by atoms with Crippen LogP contribution in [0.3, 0.4) is 0 Å². The molecule has 3 rings (SSSR count). The Hall–Kier alpha value is -1.94. The number of aryl methyl sites for hydroxylation is 4. The first kappa shape index (κ1) is 15.0. The minimum atomic E-state index is 0.783. The Morgan fingerprint density at radius 2 is 1.95 bits per heavy atom. The van der Waals surface area contributed by atoms with E-state index in [1.54, 1.807) is 11.3 Å². The van der Waals surface area contributed by atoms with Crippen LogP contribution >= 0.6 is 11.3 Å². The molecule has 4 heteroatoms. The molecule has 0 bridgehead atoms. The summed E-state index contributed by atoms with van der Waals surface area (Å²) in [6, 6.07) is 8.57. The lowest BCUT2D eigenvalue weighted by Gasteiger charge is -2.10. The molecule has 22 heavy (non-hydrogen) atoms. The quantitative estimate of drug-likeness (QED) is 0.752. The maximum atomic E-state index is 4.72. The van der Waals surface area contributed by atoms with Gasteiger partial charge in [0.05, 0.1) is 5.39 Å². The molecule has 0 fully saturated rings. The molecule has 0 radical (unpaired) electrons. The van der Waals surface area contributed by atoms with Gasteiger partial charge in [0.15, 0.2) is 0 Å². The Balaban J connectivity index is 1.98. The molecule has 0 atom stereocenters. The summed E-state index contributed by atoms with van der Waals surface area (Å²) >= 11 is 1.76. The van der Waals surface area contributed by atoms with Gasteiger partial charge in [0, 0.05) is 17.8 Å². The molecule has 0 unspecified atom stereocenters. The fourth-order valence-electron chi connectivity index (χ4n) is 2.59. The monoisotopic (exact) mass is 311 g/mol. The summed E-state index contributed by atoms with van der Waals surface area (Å²) in [5, 5.41) is 4.69. The van der Waals surface area contributed by atoms with Gasteiger partial charge in [0.2, 0.25) is 0 Å². The average molecular weight is 311 g/mol. The zero-order valence-electron chi connectivity index (χ0n) is 13.5. The molecule has 0 spiro atoms. The molecular weight excluding hydrogens is 290 g/mol. The van der Waals surface area contributed by atoms with Crippen molar-refractivity contribution in [3.63, 3.8) is 0 Å². The minimum Gasteiger partial charge on any atom is -0.365 e. The fraction of sp³-hybridized carbons (Fsp3) is 0.333. The van der Waals surface area contributed by atoms with Crippen LogP contribution in [-0.4, -0.2) is 9.97 Å². The maximum absolute atomic E-state index is 4.72. The number of fused-ring (bicyclic) bond motifs is 1. The van der Waals surface area contributed by atoms with Crippen LogP contribution in [0, 0.1) is 20.8 Å². The van der Waals surface area contributed by atoms with Crippen molar-refractivity contribution in [1.82, 2.24) is 9.97 Å². The van der Waals surface area contributed by atoms with Crippen molar-refractivity contribution < 1.29 is 0 Å². The first-order valence-electron chi connectivity index (χ1n) is 7.64. The van der Waals surface area contributed by atoms with Gasteiger partial charge in [0.25, 0.3) is 0 Å². The number of aromatic nitrogens is 2. The number of nitrogens with one attached hydrogen (secondary N) is 1. The van der Waals surface area contributed by atoms with Crippen molar-refractivity contribution in [1.29, 1.82) is 0 Å². The summed E-state index contributed by atoms with van der Waals surface area (Å²) in [5.41, 5.74) is 3.84. The Bertz CT molecular complexity index is 821. The van der Waals surface area contributed by atoms with Gasteiger partial charge in [0.1, 0.15) is 16.5 Å². The topological polar surface area (TPSA) is 37.8 Å². The summed E-state index contributed by atoms with van der Waals surface area (Å²) in [7, 11) is 0. The zero-order valence-corrected chi connectivity index (χ0v) is 14.3. The van der Waals surface area contributed by atoms with E-state index in [9.17, 15) is 0 Å². The second kappa shape index (κ2) is 6.05. The highest BCUT2D eigenvalue weighted by Crippen LogP contribution is 2.33. The molecule has 0 amide bonds. The van der Waals surface area contributed by atoms with E-state index < -0.39 is 0 Å². The Morgan fingerprint density at radius 3 is 2.68 bits per heavy atom. The van der Waals surface area contributed by atoms with E-state index in [-0.39, 0.29) is 0 Å². The molecule has 0 saturated carbocycles. The zero-order chi connectivity index (χ0) is 15.7. The molecular formula is C18H21N3S. The first-order chi connectivity index (χ1) is 10.6. The lowest BCUT2D eigenvalue weighted by molar-refractivity contribution is 0.956. The number of thiophene rings is 1. The van der Waals surface area contributed by atoms with Crippen LogP contribution in [0.4, 0.5) is 5.82 Å². The molecule has 3 aromatic rings. The van der Waals surface area contributed by atoms with Crippen LogP contribution in [0.2, 0.25) is 0 Å². The van der Waals surface area contributed by atoms with Gasteiger partial charge in [-0.2, -0.15) is 0 Å². The summed E-state index contributed by atoms with van der Waals surface area (Å²) in [6.07, 6.45) is 0.852. The third kappa shape index (κ3) is 2.83. The van der Waals surface area contributed by atoms with E-state index in [0.29, 0.717) is 0 Å². The number of hydrogen-bond acceptors (Lipinski definition) is 4. The van der Waals surface area contributed by atoms with E-state index >= 15 is 0 Å². The Morgan fingerprint density at radius 1 is 1.14 bits per heavy atom. The molecule has 0 aliphatic carbocycles. The highest BCUT2D eigenvalue weighted by atomic mass is 32.1. The lowest BCUT2D eigenvalue weighted by Crippen LogP contribution is -2.05. The molecule has 0 saturated heterocycles. The molecule has 114 valence electrons. The second-order valence-electron chi connectivity index (χ2n) is 5.65. The van der Waals surface area contributed by atoms with E-state index in [1.165, 1.54) is 27.0 Å². The Labute approximate surface area is 135 Å². The van der Waals surface area contributed by atoms with Gasteiger partial charge in [-0.25, -0.2) is 9.97 Å². The molecule has 2 aromatic heterocycles. The standard InChI is InChI=1S/C18H21N3S/c1-5-15-20-17(16-12(3)13(4)22-18(16)21-15)19-10-14-8-6-7-11(2)9-14/h6-9H,5,10H2,1-4H3,(H,19,20,21). The molecule has 2 heterocycles. The second-order valence-corrected chi connectivity index (χ2v) is 6.85. The van der Waals surface area contributed by atoms with Crippen molar-refractivity contribution in [3.05, 3.63) is 51.7 Å². The summed E-state index contributed by atoms with van der Waals surface area (Å²) in [6.45, 7) is 9.30. The van der Waals surface area contributed by atoms with E-state index in [1.807, 2.05) is 0 Å². The summed E-state index contributed by atoms with van der Waals surface area (Å²) in [4.78, 5) is 11.8. The smallest absolute Gasteiger partial charge is 0.139 e. The third-order valence-electron chi connectivity index (χ3n) is 3.93. The number of nitrogens with zero attached hydrogens (tertiary/aromatic N) is 2. The average Bonchev–Trinajstić information content (AvgIpc) is 2.79. The van der Waals surface area contributed by atoms with Gasteiger partial charge in [-0.3, -0.25) is 0 Å². The third-order valence-corrected chi connectivity index (χ3v) is 5.03. The molecule has 0 aliphatic rings. The van der Waals surface area contributed by atoms with Crippen LogP contribution in [0.25, 0.3) is 10.2 Å². The number of anilines is 1. The van der Waals surface area contributed by atoms with E-state index in [4.69, 9.17) is 4.98 Å². The van der Waals surface area contributed by atoms with Crippen molar-refractivity contribution in [2.45, 2.75) is 40.7 Å². The largest absolute Gasteiger partial charge is 0.365 e. The number of rotatable bonds is 4. The van der Waals surface area contributed by atoms with E-state index in [2.05, 4.69) is 62.3 Å². The van der Waals surface area contributed by atoms with Crippen molar-refractivity contribution in [3.8, 4) is 0 Å². The van der Waals surface area contributed by atoms with Crippen LogP contribution in [0.5, 0.6) is 0 Å². The summed E-state index contributed by atoms with van der Waals surface area (Å²) in [5.74, 6) is 1.87. The Kier molecular flexibility index (Phi) is 4.12. The van der Waals surface area contributed by atoms with Crippen LogP contribution in [0.15, 0.2) is 24.3 Å². The van der Waals surface area contributed by atoms with E-state index in [0.717, 1.165) is 29.4 Å². The molecule has 1 N–H and O–H groups in total. The first-order valence-corrected chi connectivity index (χ1v) is 8.46. The van der Waals surface area contributed by atoms with Gasteiger partial charge in [-0.1, -0.05) is 36.8 Å². The van der Waals surface area contributed by atoms with Gasteiger partial charge < -0.3 is 5.32 Å². The maximum Gasteiger partial charge on any atom is 0.139 e. The van der Waals surface area contributed by atoms with Crippen molar-refractivity contribution >= 4 is 27.4 Å².